The third-order valence-electron chi connectivity index (χ3n) is 2.50. The molecule has 10 heteroatoms. The zero-order chi connectivity index (χ0) is 15.6. The van der Waals surface area contributed by atoms with Gasteiger partial charge in [-0.25, -0.2) is 14.6 Å². The van der Waals surface area contributed by atoms with Gasteiger partial charge in [0, 0.05) is 6.20 Å². The largest absolute Gasteiger partial charge is 0.477 e. The van der Waals surface area contributed by atoms with Gasteiger partial charge in [-0.05, 0) is 6.92 Å². The predicted octanol–water partition coefficient (Wildman–Crippen LogP) is -0.544. The van der Waals surface area contributed by atoms with Crippen LogP contribution in [0.2, 0.25) is 0 Å². The van der Waals surface area contributed by atoms with Gasteiger partial charge in [-0.3, -0.25) is 14.6 Å². The number of carboxylic acid groups (broad SMARTS) is 1. The molecule has 0 aliphatic carbocycles. The number of aromatic nitrogens is 3. The molecule has 2 aromatic rings. The minimum Gasteiger partial charge on any atom is -0.477 e. The first-order chi connectivity index (χ1) is 9.88. The third kappa shape index (κ3) is 3.23. The van der Waals surface area contributed by atoms with Gasteiger partial charge in [0.05, 0.1) is 12.2 Å². The zero-order valence-corrected chi connectivity index (χ0v) is 11.5. The maximum absolute atomic E-state index is 11.8. The van der Waals surface area contributed by atoms with Crippen LogP contribution in [-0.4, -0.2) is 31.9 Å². The molecule has 0 saturated heterocycles. The highest BCUT2D eigenvalue weighted by Crippen LogP contribution is 2.17. The molecule has 2 aromatic heterocycles. The van der Waals surface area contributed by atoms with E-state index in [0.29, 0.717) is 10.7 Å². The SMILES string of the molecule is Cc1nc(CNC(=O)c2c[nH]c(=O)[nH]c2=O)sc1C(=O)O. The molecule has 110 valence electrons. The summed E-state index contributed by atoms with van der Waals surface area (Å²) >= 11 is 0.942. The van der Waals surface area contributed by atoms with Gasteiger partial charge in [-0.1, -0.05) is 0 Å². The zero-order valence-electron chi connectivity index (χ0n) is 10.7. The van der Waals surface area contributed by atoms with E-state index in [0.717, 1.165) is 17.5 Å². The average molecular weight is 310 g/mol. The Labute approximate surface area is 120 Å². The number of amides is 1. The van der Waals surface area contributed by atoms with Gasteiger partial charge in [0.1, 0.15) is 15.4 Å². The molecule has 0 aliphatic rings. The van der Waals surface area contributed by atoms with Crippen molar-refractivity contribution < 1.29 is 14.7 Å². The minimum absolute atomic E-state index is 0.0177. The molecule has 1 amide bonds. The van der Waals surface area contributed by atoms with Crippen LogP contribution in [0, 0.1) is 6.92 Å². The Morgan fingerprint density at radius 2 is 2.14 bits per heavy atom. The number of H-pyrrole nitrogens is 2. The molecule has 0 aromatic carbocycles. The van der Waals surface area contributed by atoms with Crippen LogP contribution in [0.1, 0.15) is 30.7 Å². The fourth-order valence-corrected chi connectivity index (χ4v) is 2.40. The lowest BCUT2D eigenvalue weighted by molar-refractivity contribution is 0.0701. The topological polar surface area (TPSA) is 145 Å². The highest BCUT2D eigenvalue weighted by atomic mass is 32.1. The normalized spacial score (nSPS) is 10.3. The molecule has 0 radical (unpaired) electrons. The van der Waals surface area contributed by atoms with Crippen molar-refractivity contribution in [3.05, 3.63) is 48.2 Å². The molecule has 0 saturated carbocycles. The van der Waals surface area contributed by atoms with Crippen LogP contribution in [0.15, 0.2) is 15.8 Å². The maximum Gasteiger partial charge on any atom is 0.347 e. The molecule has 2 heterocycles. The summed E-state index contributed by atoms with van der Waals surface area (Å²) in [7, 11) is 0. The molecular weight excluding hydrogens is 300 g/mol. The van der Waals surface area contributed by atoms with Crippen LogP contribution in [-0.2, 0) is 6.54 Å². The first-order valence-electron chi connectivity index (χ1n) is 5.68. The first kappa shape index (κ1) is 14.7. The number of thiazole rings is 1. The average Bonchev–Trinajstić information content (AvgIpc) is 2.77. The highest BCUT2D eigenvalue weighted by Gasteiger charge is 2.15. The summed E-state index contributed by atoms with van der Waals surface area (Å²) in [6.07, 6.45) is 1.01. The van der Waals surface area contributed by atoms with Gasteiger partial charge < -0.3 is 15.4 Å². The van der Waals surface area contributed by atoms with Crippen LogP contribution < -0.4 is 16.6 Å². The molecule has 0 bridgehead atoms. The summed E-state index contributed by atoms with van der Waals surface area (Å²) in [4.78, 5) is 53.1. The van der Waals surface area contributed by atoms with Crippen LogP contribution in [0.25, 0.3) is 0 Å². The second-order valence-electron chi connectivity index (χ2n) is 4.00. The predicted molar refractivity (Wildman–Crippen MR) is 72.7 cm³/mol. The monoisotopic (exact) mass is 310 g/mol. The Balaban J connectivity index is 2.11. The lowest BCUT2D eigenvalue weighted by Crippen LogP contribution is -2.33. The van der Waals surface area contributed by atoms with E-state index < -0.39 is 23.1 Å². The molecule has 4 N–H and O–H groups in total. The summed E-state index contributed by atoms with van der Waals surface area (Å²) in [5.41, 5.74) is -1.41. The van der Waals surface area contributed by atoms with Crippen LogP contribution >= 0.6 is 11.3 Å². The van der Waals surface area contributed by atoms with Gasteiger partial charge in [-0.2, -0.15) is 0 Å². The molecule has 0 atom stereocenters. The lowest BCUT2D eigenvalue weighted by atomic mass is 10.3. The van der Waals surface area contributed by atoms with Crippen molar-refractivity contribution in [2.45, 2.75) is 13.5 Å². The molecule has 2 rings (SSSR count). The fourth-order valence-electron chi connectivity index (χ4n) is 1.56. The van der Waals surface area contributed by atoms with E-state index in [1.807, 2.05) is 4.98 Å². The van der Waals surface area contributed by atoms with Crippen molar-refractivity contribution in [3.8, 4) is 0 Å². The second kappa shape index (κ2) is 5.71. The molecule has 0 spiro atoms. The summed E-state index contributed by atoms with van der Waals surface area (Å²) in [5.74, 6) is -1.78. The summed E-state index contributed by atoms with van der Waals surface area (Å²) in [5, 5.41) is 11.7. The molecule has 0 fully saturated rings. The number of carbonyl (C=O) groups is 2. The van der Waals surface area contributed by atoms with E-state index in [2.05, 4.69) is 15.3 Å². The Kier molecular flexibility index (Phi) is 3.98. The van der Waals surface area contributed by atoms with Gasteiger partial charge in [-0.15, -0.1) is 11.3 Å². The smallest absolute Gasteiger partial charge is 0.347 e. The maximum atomic E-state index is 11.8. The van der Waals surface area contributed by atoms with E-state index in [4.69, 9.17) is 5.11 Å². The van der Waals surface area contributed by atoms with Crippen LogP contribution in [0.5, 0.6) is 0 Å². The van der Waals surface area contributed by atoms with Gasteiger partial charge in [0.25, 0.3) is 11.5 Å². The van der Waals surface area contributed by atoms with Crippen molar-refractivity contribution >= 4 is 23.2 Å². The van der Waals surface area contributed by atoms with E-state index in [1.165, 1.54) is 0 Å². The Morgan fingerprint density at radius 3 is 2.71 bits per heavy atom. The number of rotatable bonds is 4. The molecule has 0 aliphatic heterocycles. The standard InChI is InChI=1S/C11H10N4O5S/c1-4-7(10(18)19)21-6(14-4)3-12-8(16)5-2-13-11(20)15-9(5)17/h2H,3H2,1H3,(H,12,16)(H,18,19)(H2,13,15,17,20). The van der Waals surface area contributed by atoms with Gasteiger partial charge in [0.15, 0.2) is 0 Å². The van der Waals surface area contributed by atoms with E-state index in [1.54, 1.807) is 6.92 Å². The van der Waals surface area contributed by atoms with Crippen molar-refractivity contribution in [1.29, 1.82) is 0 Å². The number of carboxylic acids is 1. The summed E-state index contributed by atoms with van der Waals surface area (Å²) in [6.45, 7) is 1.54. The highest BCUT2D eigenvalue weighted by molar-refractivity contribution is 7.13. The lowest BCUT2D eigenvalue weighted by Gasteiger charge is -2.01. The number of nitrogens with one attached hydrogen (secondary N) is 3. The molecule has 0 unspecified atom stereocenters. The molecule has 9 nitrogen and oxygen atoms in total. The fraction of sp³-hybridized carbons (Fsp3) is 0.182. The van der Waals surface area contributed by atoms with E-state index >= 15 is 0 Å². The number of carbonyl (C=O) groups excluding carboxylic acids is 1. The summed E-state index contributed by atoms with van der Waals surface area (Å²) in [6, 6.07) is 0. The van der Waals surface area contributed by atoms with Crippen molar-refractivity contribution in [2.24, 2.45) is 0 Å². The number of hydrogen-bond donors (Lipinski definition) is 4. The van der Waals surface area contributed by atoms with Gasteiger partial charge in [0.2, 0.25) is 0 Å². The summed E-state index contributed by atoms with van der Waals surface area (Å²) < 4.78 is 0. The number of aromatic amines is 2. The number of aromatic carboxylic acids is 1. The second-order valence-corrected chi connectivity index (χ2v) is 5.08. The van der Waals surface area contributed by atoms with Crippen molar-refractivity contribution in [1.82, 2.24) is 20.3 Å². The Bertz CT molecular complexity index is 819. The first-order valence-corrected chi connectivity index (χ1v) is 6.50. The quantitative estimate of drug-likeness (QED) is 0.596. The van der Waals surface area contributed by atoms with Crippen LogP contribution in [0.3, 0.4) is 0 Å². The van der Waals surface area contributed by atoms with Crippen molar-refractivity contribution in [3.63, 3.8) is 0 Å². The van der Waals surface area contributed by atoms with Crippen molar-refractivity contribution in [2.75, 3.05) is 0 Å². The number of aryl methyl sites for hydroxylation is 1. The molecular formula is C11H10N4O5S. The Morgan fingerprint density at radius 1 is 1.43 bits per heavy atom. The Hall–Kier alpha value is -2.75. The van der Waals surface area contributed by atoms with E-state index in [9.17, 15) is 19.2 Å². The molecule has 21 heavy (non-hydrogen) atoms. The third-order valence-corrected chi connectivity index (χ3v) is 3.64. The van der Waals surface area contributed by atoms with Gasteiger partial charge >= 0.3 is 11.7 Å². The van der Waals surface area contributed by atoms with E-state index in [-0.39, 0.29) is 17.0 Å². The van der Waals surface area contributed by atoms with Crippen LogP contribution in [0.4, 0.5) is 0 Å². The number of hydrogen-bond acceptors (Lipinski definition) is 6. The number of nitrogens with zero attached hydrogens (tertiary/aromatic N) is 1. The minimum atomic E-state index is -1.08.